The zero-order valence-corrected chi connectivity index (χ0v) is 31.1. The summed E-state index contributed by atoms with van der Waals surface area (Å²) < 4.78 is 18.1. The van der Waals surface area contributed by atoms with E-state index in [9.17, 15) is 0 Å². The van der Waals surface area contributed by atoms with Gasteiger partial charge in [0.15, 0.2) is 0 Å². The van der Waals surface area contributed by atoms with Crippen LogP contribution in [0, 0.1) is 39.4 Å². The maximum absolute atomic E-state index is 5.09. The van der Waals surface area contributed by atoms with E-state index in [1.165, 1.54) is 0 Å². The van der Waals surface area contributed by atoms with Gasteiger partial charge in [-0.1, -0.05) is 15.9 Å². The number of imidazole rings is 3. The fourth-order valence-electron chi connectivity index (χ4n) is 3.97. The van der Waals surface area contributed by atoms with Crippen molar-refractivity contribution in [1.82, 2.24) is 28.2 Å². The first-order valence-electron chi connectivity index (χ1n) is 14.8. The number of ether oxygens (including phenoxy) is 2. The number of fused-ring (bicyclic) bond motifs is 3. The monoisotopic (exact) mass is 818 g/mol. The molecule has 6 rings (SSSR count). The third kappa shape index (κ3) is 12.6. The molecule has 48 heavy (non-hydrogen) atoms. The van der Waals surface area contributed by atoms with Crippen molar-refractivity contribution in [2.24, 2.45) is 0 Å². The van der Waals surface area contributed by atoms with Crippen LogP contribution in [0.4, 0.5) is 11.4 Å². The highest BCUT2D eigenvalue weighted by Crippen LogP contribution is 2.14. The first kappa shape index (κ1) is 38.0. The lowest BCUT2D eigenvalue weighted by atomic mass is 9.53. The van der Waals surface area contributed by atoms with Crippen molar-refractivity contribution in [2.75, 3.05) is 51.2 Å². The van der Waals surface area contributed by atoms with Gasteiger partial charge in [0, 0.05) is 98.7 Å². The number of nitrogens with zero attached hydrogens (tertiary/aromatic N) is 6. The second-order valence-electron chi connectivity index (χ2n) is 9.60. The van der Waals surface area contributed by atoms with E-state index in [-0.39, 0.29) is 6.71 Å². The summed E-state index contributed by atoms with van der Waals surface area (Å²) in [7, 11) is 3.39. The molecule has 0 aromatic carbocycles. The quantitative estimate of drug-likeness (QED) is 0.0811. The number of terminal acetylenes is 1. The van der Waals surface area contributed by atoms with Crippen molar-refractivity contribution in [2.45, 2.75) is 13.8 Å². The average Bonchev–Trinajstić information content (AvgIpc) is 3.85. The molecule has 0 atom stereocenters. The molecule has 6 aromatic rings. The van der Waals surface area contributed by atoms with Gasteiger partial charge in [-0.15, -0.1) is 35.7 Å². The molecule has 0 spiro atoms. The van der Waals surface area contributed by atoms with Crippen LogP contribution in [0.2, 0.25) is 0 Å². The molecule has 10 nitrogen and oxygen atoms in total. The van der Waals surface area contributed by atoms with Gasteiger partial charge in [0.25, 0.3) is 0 Å². The molecule has 0 saturated heterocycles. The smallest absolute Gasteiger partial charge is 0.383 e. The van der Waals surface area contributed by atoms with Gasteiger partial charge in [-0.05, 0) is 60.7 Å². The number of anilines is 2. The van der Waals surface area contributed by atoms with E-state index >= 15 is 0 Å². The first-order valence-corrected chi connectivity index (χ1v) is 16.7. The van der Waals surface area contributed by atoms with Gasteiger partial charge in [-0.3, -0.25) is 4.40 Å². The molecule has 0 fully saturated rings. The molecule has 13 heteroatoms. The van der Waals surface area contributed by atoms with Crippen molar-refractivity contribution in [1.29, 1.82) is 0 Å². The number of hydrogen-bond donors (Lipinski definition) is 2. The topological polar surface area (TPSA) is 94.4 Å². The van der Waals surface area contributed by atoms with Gasteiger partial charge in [0.05, 0.1) is 19.4 Å². The number of hydrogen-bond acceptors (Lipinski definition) is 7. The summed E-state index contributed by atoms with van der Waals surface area (Å²) in [6, 6.07) is 12.0. The molecule has 0 aliphatic rings. The Kier molecular flexibility index (Phi) is 17.0. The van der Waals surface area contributed by atoms with Gasteiger partial charge in [-0.2, -0.15) is 0 Å². The van der Waals surface area contributed by atoms with Crippen LogP contribution in [0.3, 0.4) is 0 Å². The Morgan fingerprint density at radius 2 is 1.33 bits per heavy atom. The summed E-state index contributed by atoms with van der Waals surface area (Å²) in [5, 5.41) is 6.52. The molecule has 0 unspecified atom stereocenters. The summed E-state index contributed by atoms with van der Waals surface area (Å²) >= 11 is 5.62. The third-order valence-corrected chi connectivity index (χ3v) is 7.53. The van der Waals surface area contributed by atoms with E-state index in [2.05, 4.69) is 93.4 Å². The highest BCUT2D eigenvalue weighted by molar-refractivity contribution is 14.1. The van der Waals surface area contributed by atoms with Crippen LogP contribution < -0.4 is 10.6 Å². The van der Waals surface area contributed by atoms with E-state index in [4.69, 9.17) is 15.9 Å². The minimum atomic E-state index is -0.181. The molecule has 0 amide bonds. The van der Waals surface area contributed by atoms with Crippen LogP contribution in [0.1, 0.15) is 13.8 Å². The summed E-state index contributed by atoms with van der Waals surface area (Å²) in [4.78, 5) is 12.6. The molecule has 0 radical (unpaired) electrons. The number of nitrogens with one attached hydrogen (secondary N) is 2. The van der Waals surface area contributed by atoms with Crippen LogP contribution in [0.5, 0.6) is 0 Å². The molecule has 0 aliphatic heterocycles. The van der Waals surface area contributed by atoms with E-state index in [1.807, 2.05) is 86.8 Å². The van der Waals surface area contributed by atoms with Crippen LogP contribution in [0.25, 0.3) is 16.9 Å². The van der Waals surface area contributed by atoms with E-state index in [0.717, 1.165) is 49.6 Å². The summed E-state index contributed by atoms with van der Waals surface area (Å²) in [6.45, 7) is 6.36. The Morgan fingerprint density at radius 1 is 0.792 bits per heavy atom. The van der Waals surface area contributed by atoms with E-state index in [0.29, 0.717) is 13.2 Å². The Balaban J connectivity index is 0.000000178. The summed E-state index contributed by atoms with van der Waals surface area (Å²) in [5.41, 5.74) is 5.02. The van der Waals surface area contributed by atoms with E-state index < -0.39 is 0 Å². The highest BCUT2D eigenvalue weighted by Gasteiger charge is 2.01. The van der Waals surface area contributed by atoms with Crippen molar-refractivity contribution < 1.29 is 9.47 Å². The molecule has 0 saturated carbocycles. The second-order valence-corrected chi connectivity index (χ2v) is 11.6. The standard InChI is InChI=1S/C10H12IN3O.C10H13N3O.C8H7B.C7H5BrN2/c1-15-5-3-12-8-2-4-14-9(11)7-13-10(14)6-8;1-14-7-4-11-9-2-5-13-6-3-12-10(13)8-9;1-4-7-9(6-3)8-5-2;8-6-1-3-10-4-2-9-7(10)5-6/h2,4,6-7,12H,3,5H2,1H3;2-3,5-6,8,11H,4,7H2,1H3;3H,1-2H3;1-5H. The molecular formula is C35H37BBrIN8O2. The van der Waals surface area contributed by atoms with Gasteiger partial charge in [0.1, 0.15) is 20.6 Å². The number of halogens is 2. The fraction of sp³-hybridized carbons (Fsp3) is 0.229. The highest BCUT2D eigenvalue weighted by atomic mass is 127. The molecule has 6 heterocycles. The van der Waals surface area contributed by atoms with Gasteiger partial charge >= 0.3 is 6.71 Å². The van der Waals surface area contributed by atoms with E-state index in [1.54, 1.807) is 40.5 Å². The van der Waals surface area contributed by atoms with Crippen molar-refractivity contribution >= 4 is 73.5 Å². The lowest BCUT2D eigenvalue weighted by molar-refractivity contribution is 0.210. The summed E-state index contributed by atoms with van der Waals surface area (Å²) in [6.07, 6.45) is 20.3. The Labute approximate surface area is 304 Å². The molecule has 2 N–H and O–H groups in total. The Hall–Kier alpha value is -4.46. The number of aromatic nitrogens is 6. The van der Waals surface area contributed by atoms with Crippen molar-refractivity contribution in [3.8, 4) is 35.7 Å². The van der Waals surface area contributed by atoms with Gasteiger partial charge in [0.2, 0.25) is 0 Å². The molecule has 6 aromatic heterocycles. The molecule has 0 bridgehead atoms. The molecule has 0 aliphatic carbocycles. The predicted molar refractivity (Wildman–Crippen MR) is 208 cm³/mol. The van der Waals surface area contributed by atoms with Crippen LogP contribution in [-0.2, 0) is 9.47 Å². The van der Waals surface area contributed by atoms with Crippen LogP contribution >= 0.6 is 38.5 Å². The van der Waals surface area contributed by atoms with Crippen LogP contribution in [0.15, 0.2) is 90.4 Å². The lowest BCUT2D eigenvalue weighted by Crippen LogP contribution is -2.07. The fourth-order valence-corrected chi connectivity index (χ4v) is 4.84. The first-order chi connectivity index (χ1) is 23.4. The SMILES string of the molecule is Brc1ccn2ccnc2c1.C#CB(C#CC)C#CC.COCCNc1ccn2c(I)cnc2c1.COCCNc1ccn2ccnc2c1. The maximum Gasteiger partial charge on any atom is 0.394 e. The number of pyridine rings is 3. The second kappa shape index (κ2) is 21.4. The third-order valence-electron chi connectivity index (χ3n) is 6.24. The lowest BCUT2D eigenvalue weighted by Gasteiger charge is -2.05. The summed E-state index contributed by atoms with van der Waals surface area (Å²) in [5.74, 6) is 13.4. The number of rotatable bonds is 8. The van der Waals surface area contributed by atoms with Crippen molar-refractivity contribution in [3.63, 3.8) is 0 Å². The zero-order chi connectivity index (χ0) is 34.6. The molecular weight excluding hydrogens is 782 g/mol. The molecule has 246 valence electrons. The Bertz CT molecular complexity index is 2010. The Morgan fingerprint density at radius 3 is 1.90 bits per heavy atom. The minimum Gasteiger partial charge on any atom is -0.383 e. The van der Waals surface area contributed by atoms with Gasteiger partial charge < -0.3 is 28.9 Å². The maximum atomic E-state index is 5.09. The zero-order valence-electron chi connectivity index (χ0n) is 27.3. The average molecular weight is 819 g/mol. The normalized spacial score (nSPS) is 9.60. The minimum absolute atomic E-state index is 0.181. The largest absolute Gasteiger partial charge is 0.394 e. The predicted octanol–water partition coefficient (Wildman–Crippen LogP) is 6.27. The van der Waals surface area contributed by atoms with Gasteiger partial charge in [-0.25, -0.2) is 15.0 Å². The van der Waals surface area contributed by atoms with Crippen molar-refractivity contribution in [3.05, 3.63) is 94.1 Å². The van der Waals surface area contributed by atoms with Crippen LogP contribution in [-0.4, -0.2) is 75.4 Å². The number of methoxy groups -OCH3 is 2.